The minimum Gasteiger partial charge on any atom is -0.354 e. The lowest BCUT2D eigenvalue weighted by Crippen LogP contribution is -2.57. The molecule has 2 aromatic carbocycles. The van der Waals surface area contributed by atoms with Gasteiger partial charge in [0.1, 0.15) is 23.8 Å². The Morgan fingerprint density at radius 3 is 2.25 bits per heavy atom. The molecule has 254 valence electrons. The van der Waals surface area contributed by atoms with Crippen molar-refractivity contribution in [2.75, 3.05) is 13.1 Å². The third-order valence-electron chi connectivity index (χ3n) is 7.91. The van der Waals surface area contributed by atoms with Crippen molar-refractivity contribution in [1.82, 2.24) is 36.1 Å². The van der Waals surface area contributed by atoms with E-state index in [-0.39, 0.29) is 30.5 Å². The Morgan fingerprint density at radius 1 is 0.854 bits per heavy atom. The van der Waals surface area contributed by atoms with Gasteiger partial charge in [-0.1, -0.05) is 56.3 Å². The van der Waals surface area contributed by atoms with Crippen molar-refractivity contribution in [1.29, 1.82) is 0 Å². The van der Waals surface area contributed by atoms with Crippen LogP contribution in [0.3, 0.4) is 0 Å². The molecular weight excluding hydrogens is 614 g/mol. The summed E-state index contributed by atoms with van der Waals surface area (Å²) in [5, 5.41) is 11.2. The highest BCUT2D eigenvalue weighted by molar-refractivity contribution is 5.99. The summed E-state index contributed by atoms with van der Waals surface area (Å²) < 4.78 is 0. The van der Waals surface area contributed by atoms with Gasteiger partial charge in [-0.3, -0.25) is 33.8 Å². The average molecular weight is 658 g/mol. The lowest BCUT2D eigenvalue weighted by Gasteiger charge is -2.25. The first-order chi connectivity index (χ1) is 23.0. The second-order valence-electron chi connectivity index (χ2n) is 12.4. The monoisotopic (exact) mass is 657 g/mol. The molecule has 0 saturated carbocycles. The van der Waals surface area contributed by atoms with Crippen LogP contribution in [0.2, 0.25) is 0 Å². The summed E-state index contributed by atoms with van der Waals surface area (Å²) in [7, 11) is 0. The van der Waals surface area contributed by atoms with Crippen LogP contribution >= 0.6 is 0 Å². The first-order valence-corrected chi connectivity index (χ1v) is 16.2. The Bertz CT molecular complexity index is 1640. The molecule has 1 aromatic heterocycles. The Kier molecular flexibility index (Phi) is 12.6. The largest absolute Gasteiger partial charge is 0.354 e. The van der Waals surface area contributed by atoms with Crippen LogP contribution in [0.15, 0.2) is 71.8 Å². The molecule has 3 heterocycles. The molecule has 48 heavy (non-hydrogen) atoms. The molecule has 3 aromatic rings. The van der Waals surface area contributed by atoms with Crippen molar-refractivity contribution in [2.24, 2.45) is 5.92 Å². The van der Waals surface area contributed by atoms with E-state index in [0.29, 0.717) is 37.9 Å². The molecule has 5 N–H and O–H groups in total. The standard InChI is InChI=1S/C35H43N7O6/c1-22(2)17-27-33(46)38-23(3)31(44)37-15-7-8-16-42(35(48)29-19-36-20-30(43)39-29)21-25-11-13-26(14-12-25)32(45)40-28(34(47)41-27)18-24-9-5-4-6-10-24/h4-6,9-14,19-20,22-23,27-28H,7-8,15-18,21H2,1-3H3,(H,37,44)(H,38,46)(H,39,43)(H,40,45)(H,41,47)/t23-,27+,28-/m1/s1. The lowest BCUT2D eigenvalue weighted by atomic mass is 10.0. The summed E-state index contributed by atoms with van der Waals surface area (Å²) >= 11 is 0. The summed E-state index contributed by atoms with van der Waals surface area (Å²) in [5.74, 6) is -2.29. The number of nitrogens with one attached hydrogen (secondary N) is 5. The topological polar surface area (TPSA) is 182 Å². The van der Waals surface area contributed by atoms with Crippen molar-refractivity contribution >= 4 is 29.5 Å². The van der Waals surface area contributed by atoms with Crippen LogP contribution < -0.4 is 26.8 Å². The second-order valence-corrected chi connectivity index (χ2v) is 12.4. The first kappa shape index (κ1) is 35.5. The number of benzene rings is 2. The fourth-order valence-corrected chi connectivity index (χ4v) is 5.34. The zero-order valence-corrected chi connectivity index (χ0v) is 27.5. The van der Waals surface area contributed by atoms with E-state index in [1.54, 1.807) is 36.1 Å². The van der Waals surface area contributed by atoms with Crippen molar-refractivity contribution in [3.05, 3.63) is 99.7 Å². The highest BCUT2D eigenvalue weighted by atomic mass is 16.2. The Balaban J connectivity index is 1.63. The summed E-state index contributed by atoms with van der Waals surface area (Å²) in [6, 6.07) is 13.1. The van der Waals surface area contributed by atoms with E-state index >= 15 is 0 Å². The smallest absolute Gasteiger partial charge is 0.272 e. The number of amides is 5. The predicted octanol–water partition coefficient (Wildman–Crippen LogP) is 1.70. The van der Waals surface area contributed by atoms with Gasteiger partial charge in [0.05, 0.1) is 12.4 Å². The first-order valence-electron chi connectivity index (χ1n) is 16.2. The number of fused-ring (bicyclic) bond motifs is 18. The number of aromatic amines is 1. The maximum atomic E-state index is 13.7. The number of hydrogen-bond acceptors (Lipinski definition) is 7. The van der Waals surface area contributed by atoms with Crippen molar-refractivity contribution < 1.29 is 24.0 Å². The van der Waals surface area contributed by atoms with E-state index in [0.717, 1.165) is 17.3 Å². The third kappa shape index (κ3) is 10.3. The zero-order valence-electron chi connectivity index (χ0n) is 27.5. The molecule has 13 nitrogen and oxygen atoms in total. The van der Waals surface area contributed by atoms with Crippen molar-refractivity contribution in [3.8, 4) is 0 Å². The minimum absolute atomic E-state index is 0.0420. The molecule has 2 aliphatic rings. The Labute approximate surface area is 279 Å². The Morgan fingerprint density at radius 2 is 1.56 bits per heavy atom. The van der Waals surface area contributed by atoms with E-state index < -0.39 is 47.3 Å². The molecule has 3 atom stereocenters. The summed E-state index contributed by atoms with van der Waals surface area (Å²) in [5.41, 5.74) is 1.40. The molecular formula is C35H43N7O6. The molecule has 2 bridgehead atoms. The maximum absolute atomic E-state index is 13.7. The number of rotatable bonds is 5. The molecule has 2 aliphatic heterocycles. The van der Waals surface area contributed by atoms with E-state index in [1.165, 1.54) is 6.20 Å². The average Bonchev–Trinajstić information content (AvgIpc) is 3.06. The normalized spacial score (nSPS) is 20.2. The number of carbonyl (C=O) groups excluding carboxylic acids is 5. The van der Waals surface area contributed by atoms with Gasteiger partial charge in [-0.05, 0) is 55.4 Å². The maximum Gasteiger partial charge on any atom is 0.272 e. The van der Waals surface area contributed by atoms with Crippen LogP contribution in [0.25, 0.3) is 0 Å². The van der Waals surface area contributed by atoms with Gasteiger partial charge in [0, 0.05) is 31.6 Å². The molecule has 13 heteroatoms. The van der Waals surface area contributed by atoms with Crippen LogP contribution in [-0.4, -0.2) is 75.6 Å². The van der Waals surface area contributed by atoms with Crippen LogP contribution in [-0.2, 0) is 27.3 Å². The number of carbonyl (C=O) groups is 5. The number of H-pyrrole nitrogens is 1. The van der Waals surface area contributed by atoms with E-state index in [4.69, 9.17) is 0 Å². The fraction of sp³-hybridized carbons (Fsp3) is 0.400. The van der Waals surface area contributed by atoms with Crippen LogP contribution in [0.5, 0.6) is 0 Å². The fourth-order valence-electron chi connectivity index (χ4n) is 5.34. The van der Waals surface area contributed by atoms with E-state index in [2.05, 4.69) is 31.2 Å². The summed E-state index contributed by atoms with van der Waals surface area (Å²) in [6.07, 6.45) is 3.94. The van der Waals surface area contributed by atoms with Gasteiger partial charge in [-0.2, -0.15) is 0 Å². The molecule has 5 rings (SSSR count). The molecule has 0 fully saturated rings. The van der Waals surface area contributed by atoms with Crippen LogP contribution in [0.1, 0.15) is 72.0 Å². The number of aromatic nitrogens is 2. The quantitative estimate of drug-likeness (QED) is 0.259. The molecule has 0 spiro atoms. The van der Waals surface area contributed by atoms with Gasteiger partial charge in [-0.15, -0.1) is 0 Å². The SMILES string of the molecule is CC(C)C[C@@H]1NC(=O)[C@@H](Cc2ccccc2)NC(=O)c2ccc(cc2)CN(C(=O)c2cncc(=O)[nH]2)CCCCNC(=O)[C@@H](C)NC1=O. The summed E-state index contributed by atoms with van der Waals surface area (Å²) in [6.45, 7) is 6.21. The van der Waals surface area contributed by atoms with Gasteiger partial charge >= 0.3 is 0 Å². The van der Waals surface area contributed by atoms with Crippen molar-refractivity contribution in [2.45, 2.75) is 71.1 Å². The van der Waals surface area contributed by atoms with E-state index in [9.17, 15) is 28.8 Å². The third-order valence-corrected chi connectivity index (χ3v) is 7.91. The van der Waals surface area contributed by atoms with Crippen LogP contribution in [0.4, 0.5) is 0 Å². The zero-order chi connectivity index (χ0) is 34.6. The van der Waals surface area contributed by atoms with Crippen LogP contribution in [0, 0.1) is 5.92 Å². The predicted molar refractivity (Wildman–Crippen MR) is 179 cm³/mol. The molecule has 5 amide bonds. The highest BCUT2D eigenvalue weighted by Crippen LogP contribution is 2.13. The van der Waals surface area contributed by atoms with Gasteiger partial charge in [0.15, 0.2) is 0 Å². The van der Waals surface area contributed by atoms with Gasteiger partial charge in [0.25, 0.3) is 17.4 Å². The second kappa shape index (κ2) is 17.0. The minimum atomic E-state index is -1.01. The molecule has 0 unspecified atom stereocenters. The van der Waals surface area contributed by atoms with E-state index in [1.807, 2.05) is 44.2 Å². The number of hydrogen-bond donors (Lipinski definition) is 5. The van der Waals surface area contributed by atoms with Gasteiger partial charge in [-0.25, -0.2) is 0 Å². The molecule has 0 aliphatic carbocycles. The molecule has 0 saturated heterocycles. The molecule has 0 radical (unpaired) electrons. The lowest BCUT2D eigenvalue weighted by molar-refractivity contribution is -0.132. The number of nitrogens with zero attached hydrogens (tertiary/aromatic N) is 2. The van der Waals surface area contributed by atoms with Gasteiger partial charge < -0.3 is 31.2 Å². The Hall–Kier alpha value is -5.33. The van der Waals surface area contributed by atoms with Gasteiger partial charge in [0.2, 0.25) is 17.7 Å². The van der Waals surface area contributed by atoms with Crippen molar-refractivity contribution in [3.63, 3.8) is 0 Å². The summed E-state index contributed by atoms with van der Waals surface area (Å²) in [4.78, 5) is 86.5. The highest BCUT2D eigenvalue weighted by Gasteiger charge is 2.29.